The molecule has 1 atom stereocenters. The zero-order valence-corrected chi connectivity index (χ0v) is 19.1. The number of nitrogens with zero attached hydrogens (tertiary/aromatic N) is 1. The molecule has 1 aliphatic heterocycles. The maximum atomic E-state index is 13.3. The van der Waals surface area contributed by atoms with E-state index in [1.54, 1.807) is 17.0 Å². The van der Waals surface area contributed by atoms with Gasteiger partial charge in [-0.15, -0.1) is 0 Å². The molecule has 0 saturated carbocycles. The van der Waals surface area contributed by atoms with Crippen molar-refractivity contribution in [2.45, 2.75) is 45.1 Å². The predicted molar refractivity (Wildman–Crippen MR) is 129 cm³/mol. The smallest absolute Gasteiger partial charge is 0.232 e. The first-order valence-corrected chi connectivity index (χ1v) is 11.6. The summed E-state index contributed by atoms with van der Waals surface area (Å²) in [7, 11) is 0. The average Bonchev–Trinajstić information content (AvgIpc) is 2.84. The zero-order valence-electron chi connectivity index (χ0n) is 19.1. The van der Waals surface area contributed by atoms with Gasteiger partial charge in [0.25, 0.3) is 0 Å². The fourth-order valence-corrected chi connectivity index (χ4v) is 4.81. The summed E-state index contributed by atoms with van der Waals surface area (Å²) in [6.07, 6.45) is 2.25. The van der Waals surface area contributed by atoms with E-state index in [0.29, 0.717) is 18.8 Å². The van der Waals surface area contributed by atoms with Crippen LogP contribution in [0.3, 0.4) is 0 Å². The Morgan fingerprint density at radius 1 is 0.912 bits per heavy atom. The average molecular weight is 456 g/mol. The summed E-state index contributed by atoms with van der Waals surface area (Å²) in [5.74, 6) is 0.303. The van der Waals surface area contributed by atoms with Gasteiger partial charge in [0.1, 0.15) is 18.2 Å². The van der Waals surface area contributed by atoms with Gasteiger partial charge in [-0.05, 0) is 67.3 Å². The van der Waals surface area contributed by atoms with Crippen molar-refractivity contribution >= 4 is 17.4 Å². The number of carbonyl (C=O) groups excluding carboxylic acids is 2. The van der Waals surface area contributed by atoms with Crippen LogP contribution in [0.2, 0.25) is 0 Å². The number of carbonyl (C=O) groups is 2. The first-order valence-electron chi connectivity index (χ1n) is 11.6. The van der Waals surface area contributed by atoms with Gasteiger partial charge in [-0.3, -0.25) is 14.5 Å². The van der Waals surface area contributed by atoms with Crippen LogP contribution in [0.25, 0.3) is 0 Å². The number of hydrogen-bond donors (Lipinski definition) is 0. The van der Waals surface area contributed by atoms with Crippen molar-refractivity contribution < 1.29 is 18.7 Å². The van der Waals surface area contributed by atoms with Crippen molar-refractivity contribution in [2.75, 3.05) is 4.90 Å². The molecular formula is C29H26FNO3. The number of hydrogen-bond acceptors (Lipinski definition) is 3. The molecule has 3 aromatic carbocycles. The van der Waals surface area contributed by atoms with Crippen molar-refractivity contribution in [1.82, 2.24) is 0 Å². The number of rotatable bonds is 5. The largest absolute Gasteiger partial charge is 0.489 e. The topological polar surface area (TPSA) is 46.6 Å². The standard InChI is InChI=1S/C29H26FNO3/c1-19-5-13-23(14-6-19)31-26-3-2-4-27(32)29(26)25(17-28(31)33)21-9-15-24(16-10-21)34-18-20-7-11-22(30)12-8-20/h5-16,25H,2-4,17-18H2,1H3. The van der Waals surface area contributed by atoms with Gasteiger partial charge in [0.05, 0.1) is 0 Å². The Morgan fingerprint density at radius 2 is 1.62 bits per heavy atom. The lowest BCUT2D eigenvalue weighted by molar-refractivity contribution is -0.119. The van der Waals surface area contributed by atoms with Gasteiger partial charge in [0.2, 0.25) is 5.91 Å². The maximum Gasteiger partial charge on any atom is 0.232 e. The Kier molecular flexibility index (Phi) is 6.01. The summed E-state index contributed by atoms with van der Waals surface area (Å²) in [6, 6.07) is 21.7. The molecule has 172 valence electrons. The second kappa shape index (κ2) is 9.26. The van der Waals surface area contributed by atoms with Crippen LogP contribution in [-0.2, 0) is 16.2 Å². The lowest BCUT2D eigenvalue weighted by Crippen LogP contribution is -2.40. The third-order valence-electron chi connectivity index (χ3n) is 6.57. The molecule has 1 aliphatic carbocycles. The molecule has 0 spiro atoms. The van der Waals surface area contributed by atoms with Crippen molar-refractivity contribution in [2.24, 2.45) is 0 Å². The number of Topliss-reactive ketones (excluding diaryl/α,β-unsaturated/α-hetero) is 1. The third kappa shape index (κ3) is 4.38. The van der Waals surface area contributed by atoms with E-state index in [2.05, 4.69) is 0 Å². The minimum Gasteiger partial charge on any atom is -0.489 e. The molecule has 0 N–H and O–H groups in total. The van der Waals surface area contributed by atoms with Crippen molar-refractivity contribution in [3.05, 3.63) is 107 Å². The number of aryl methyl sites for hydroxylation is 1. The first-order chi connectivity index (χ1) is 16.5. The van der Waals surface area contributed by atoms with Crippen molar-refractivity contribution in [1.29, 1.82) is 0 Å². The van der Waals surface area contributed by atoms with Crippen LogP contribution in [-0.4, -0.2) is 11.7 Å². The zero-order chi connectivity index (χ0) is 23.7. The van der Waals surface area contributed by atoms with E-state index in [9.17, 15) is 14.0 Å². The lowest BCUT2D eigenvalue weighted by Gasteiger charge is -2.38. The normalized spacial score (nSPS) is 18.2. The molecule has 0 aromatic heterocycles. The molecule has 3 aromatic rings. The molecule has 5 heteroatoms. The van der Waals surface area contributed by atoms with Crippen LogP contribution < -0.4 is 9.64 Å². The summed E-state index contributed by atoms with van der Waals surface area (Å²) in [6.45, 7) is 2.35. The molecule has 0 saturated heterocycles. The number of anilines is 1. The summed E-state index contributed by atoms with van der Waals surface area (Å²) >= 11 is 0. The van der Waals surface area contributed by atoms with Crippen LogP contribution in [0, 0.1) is 12.7 Å². The maximum absolute atomic E-state index is 13.3. The molecular weight excluding hydrogens is 429 g/mol. The predicted octanol–water partition coefficient (Wildman–Crippen LogP) is 6.24. The fraction of sp³-hybridized carbons (Fsp3) is 0.241. The molecule has 0 bridgehead atoms. The Bertz CT molecular complexity index is 1240. The van der Waals surface area contributed by atoms with Gasteiger partial charge >= 0.3 is 0 Å². The highest BCUT2D eigenvalue weighted by Crippen LogP contribution is 2.43. The van der Waals surface area contributed by atoms with Crippen LogP contribution in [0.15, 0.2) is 84.1 Å². The summed E-state index contributed by atoms with van der Waals surface area (Å²) in [4.78, 5) is 28.1. The van der Waals surface area contributed by atoms with E-state index in [4.69, 9.17) is 4.74 Å². The molecule has 4 nitrogen and oxygen atoms in total. The van der Waals surface area contributed by atoms with Crippen LogP contribution in [0.1, 0.15) is 48.3 Å². The Labute approximate surface area is 198 Å². The monoisotopic (exact) mass is 455 g/mol. The van der Waals surface area contributed by atoms with E-state index >= 15 is 0 Å². The summed E-state index contributed by atoms with van der Waals surface area (Å²) < 4.78 is 18.9. The molecule has 5 rings (SSSR count). The fourth-order valence-electron chi connectivity index (χ4n) is 4.81. The minimum atomic E-state index is -0.276. The van der Waals surface area contributed by atoms with Crippen molar-refractivity contribution in [3.63, 3.8) is 0 Å². The van der Waals surface area contributed by atoms with Gasteiger partial charge in [0.15, 0.2) is 5.78 Å². The van der Waals surface area contributed by atoms with Gasteiger partial charge < -0.3 is 4.74 Å². The van der Waals surface area contributed by atoms with Crippen LogP contribution in [0.5, 0.6) is 5.75 Å². The van der Waals surface area contributed by atoms with E-state index in [-0.39, 0.29) is 29.8 Å². The quantitative estimate of drug-likeness (QED) is 0.457. The number of amides is 1. The van der Waals surface area contributed by atoms with Gasteiger partial charge in [-0.1, -0.05) is 42.0 Å². The number of halogens is 1. The number of allylic oxidation sites excluding steroid dienone is 2. The highest BCUT2D eigenvalue weighted by Gasteiger charge is 2.39. The van der Waals surface area contributed by atoms with Crippen LogP contribution in [0.4, 0.5) is 10.1 Å². The number of ketones is 1. The number of benzene rings is 3. The Balaban J connectivity index is 1.41. The number of ether oxygens (including phenoxy) is 1. The van der Waals surface area contributed by atoms with Gasteiger partial charge in [-0.25, -0.2) is 4.39 Å². The van der Waals surface area contributed by atoms with E-state index < -0.39 is 0 Å². The highest BCUT2D eigenvalue weighted by atomic mass is 19.1. The van der Waals surface area contributed by atoms with Crippen molar-refractivity contribution in [3.8, 4) is 5.75 Å². The Morgan fingerprint density at radius 3 is 2.32 bits per heavy atom. The summed E-state index contributed by atoms with van der Waals surface area (Å²) in [5, 5.41) is 0. The second-order valence-electron chi connectivity index (χ2n) is 8.94. The Hall–Kier alpha value is -3.73. The van der Waals surface area contributed by atoms with E-state index in [0.717, 1.165) is 46.5 Å². The molecule has 2 aliphatic rings. The molecule has 1 amide bonds. The van der Waals surface area contributed by atoms with Gasteiger partial charge in [0, 0.05) is 35.7 Å². The molecule has 34 heavy (non-hydrogen) atoms. The molecule has 1 heterocycles. The van der Waals surface area contributed by atoms with Gasteiger partial charge in [-0.2, -0.15) is 0 Å². The van der Waals surface area contributed by atoms with E-state index in [1.807, 2.05) is 55.5 Å². The minimum absolute atomic E-state index is 0.0129. The highest BCUT2D eigenvalue weighted by molar-refractivity contribution is 6.07. The first kappa shape index (κ1) is 22.1. The van der Waals surface area contributed by atoms with Crippen LogP contribution >= 0.6 is 0 Å². The lowest BCUT2D eigenvalue weighted by atomic mass is 9.77. The second-order valence-corrected chi connectivity index (χ2v) is 8.94. The molecule has 0 fully saturated rings. The molecule has 1 unspecified atom stereocenters. The van der Waals surface area contributed by atoms with E-state index in [1.165, 1.54) is 12.1 Å². The third-order valence-corrected chi connectivity index (χ3v) is 6.57. The summed E-state index contributed by atoms with van der Waals surface area (Å²) in [5.41, 5.74) is 5.38. The SMILES string of the molecule is Cc1ccc(N2C(=O)CC(c3ccc(OCc4ccc(F)cc4)cc3)C3=C2CCCC3=O)cc1. The molecule has 0 radical (unpaired) electrons.